The Morgan fingerprint density at radius 3 is 2.91 bits per heavy atom. The molecule has 0 aliphatic carbocycles. The van der Waals surface area contributed by atoms with Gasteiger partial charge in [-0.2, -0.15) is 0 Å². The van der Waals surface area contributed by atoms with Gasteiger partial charge < -0.3 is 0 Å². The van der Waals surface area contributed by atoms with Crippen molar-refractivity contribution in [3.05, 3.63) is 16.1 Å². The predicted octanol–water partition coefficient (Wildman–Crippen LogP) is 3.17. The molecule has 1 aromatic heterocycles. The number of thiazole rings is 1. The number of nitrogens with zero attached hydrogens (tertiary/aromatic N) is 1. The van der Waals surface area contributed by atoms with Crippen molar-refractivity contribution in [3.63, 3.8) is 0 Å². The van der Waals surface area contributed by atoms with Gasteiger partial charge in [0.25, 0.3) is 0 Å². The first-order valence-electron chi connectivity index (χ1n) is 3.73. The summed E-state index contributed by atoms with van der Waals surface area (Å²) in [6.45, 7) is 4.21. The smallest absolute Gasteiger partial charge is 0.0897 e. The van der Waals surface area contributed by atoms with E-state index in [2.05, 4.69) is 33.2 Å². The first kappa shape index (κ1) is 9.20. The summed E-state index contributed by atoms with van der Waals surface area (Å²) in [4.78, 5) is 4.98. The van der Waals surface area contributed by atoms with Gasteiger partial charge in [-0.15, -0.1) is 11.3 Å². The largest absolute Gasteiger partial charge is 0.247 e. The number of aryl methyl sites for hydroxylation is 2. The molecule has 0 saturated carbocycles. The Hall–Kier alpha value is 0.110. The normalized spacial score (nSPS) is 13.4. The van der Waals surface area contributed by atoms with Crippen molar-refractivity contribution in [2.75, 3.05) is 0 Å². The van der Waals surface area contributed by atoms with E-state index in [0.29, 0.717) is 4.83 Å². The lowest BCUT2D eigenvalue weighted by atomic mass is 10.2. The van der Waals surface area contributed by atoms with Gasteiger partial charge >= 0.3 is 0 Å². The number of aromatic nitrogens is 1. The Morgan fingerprint density at radius 2 is 2.45 bits per heavy atom. The van der Waals surface area contributed by atoms with Gasteiger partial charge in [0.15, 0.2) is 0 Å². The molecule has 3 heteroatoms. The second-order valence-corrected chi connectivity index (χ2v) is 5.30. The van der Waals surface area contributed by atoms with E-state index in [1.54, 1.807) is 11.3 Å². The fourth-order valence-electron chi connectivity index (χ4n) is 0.870. The average molecular weight is 234 g/mol. The molecule has 1 nitrogen and oxygen atoms in total. The third-order valence-corrected chi connectivity index (χ3v) is 2.74. The lowest BCUT2D eigenvalue weighted by Crippen LogP contribution is -1.93. The van der Waals surface area contributed by atoms with Gasteiger partial charge in [-0.25, -0.2) is 4.98 Å². The van der Waals surface area contributed by atoms with Gasteiger partial charge in [0.1, 0.15) is 0 Å². The van der Waals surface area contributed by atoms with Crippen LogP contribution in [0.15, 0.2) is 5.38 Å². The summed E-state index contributed by atoms with van der Waals surface area (Å²) in [6.07, 6.45) is 2.26. The third kappa shape index (κ3) is 3.34. The summed E-state index contributed by atoms with van der Waals surface area (Å²) in [7, 11) is 0. The Balaban J connectivity index is 2.39. The molecule has 11 heavy (non-hydrogen) atoms. The summed E-state index contributed by atoms with van der Waals surface area (Å²) < 4.78 is 0. The molecule has 0 N–H and O–H groups in total. The van der Waals surface area contributed by atoms with Crippen molar-refractivity contribution in [2.45, 2.75) is 31.5 Å². The molecule has 1 rings (SSSR count). The molecule has 0 aliphatic rings. The van der Waals surface area contributed by atoms with Crippen LogP contribution in [0.2, 0.25) is 0 Å². The van der Waals surface area contributed by atoms with Crippen LogP contribution in [0.4, 0.5) is 0 Å². The molecule has 1 heterocycles. The van der Waals surface area contributed by atoms with E-state index < -0.39 is 0 Å². The van der Waals surface area contributed by atoms with Gasteiger partial charge in [-0.3, -0.25) is 0 Å². The molecular formula is C8H12BrNS. The highest BCUT2D eigenvalue weighted by atomic mass is 79.9. The fraction of sp³-hybridized carbons (Fsp3) is 0.625. The van der Waals surface area contributed by atoms with Crippen molar-refractivity contribution in [1.82, 2.24) is 4.98 Å². The van der Waals surface area contributed by atoms with E-state index in [0.717, 1.165) is 6.42 Å². The maximum Gasteiger partial charge on any atom is 0.0897 e. The van der Waals surface area contributed by atoms with E-state index in [4.69, 9.17) is 0 Å². The van der Waals surface area contributed by atoms with Crippen LogP contribution in [0.5, 0.6) is 0 Å². The van der Waals surface area contributed by atoms with Gasteiger partial charge in [-0.1, -0.05) is 22.9 Å². The zero-order chi connectivity index (χ0) is 8.27. The van der Waals surface area contributed by atoms with Crippen LogP contribution in [0.3, 0.4) is 0 Å². The molecule has 1 aromatic rings. The quantitative estimate of drug-likeness (QED) is 0.732. The lowest BCUT2D eigenvalue weighted by Gasteiger charge is -1.98. The van der Waals surface area contributed by atoms with Gasteiger partial charge in [0.2, 0.25) is 0 Å². The minimum atomic E-state index is 0.601. The number of rotatable bonds is 3. The van der Waals surface area contributed by atoms with E-state index in [1.807, 2.05) is 6.92 Å². The first-order chi connectivity index (χ1) is 5.18. The molecule has 0 aromatic carbocycles. The molecule has 0 fully saturated rings. The van der Waals surface area contributed by atoms with Crippen LogP contribution in [0.1, 0.15) is 24.0 Å². The highest BCUT2D eigenvalue weighted by Gasteiger charge is 2.00. The van der Waals surface area contributed by atoms with Crippen molar-refractivity contribution in [2.24, 2.45) is 0 Å². The van der Waals surface area contributed by atoms with Gasteiger partial charge in [0.05, 0.1) is 10.7 Å². The summed E-state index contributed by atoms with van der Waals surface area (Å²) >= 11 is 5.24. The van der Waals surface area contributed by atoms with Crippen molar-refractivity contribution >= 4 is 27.3 Å². The SMILES string of the molecule is Cc1nc(CCC(C)Br)cs1. The van der Waals surface area contributed by atoms with E-state index in [-0.39, 0.29) is 0 Å². The third-order valence-electron chi connectivity index (χ3n) is 1.46. The van der Waals surface area contributed by atoms with Crippen molar-refractivity contribution in [1.29, 1.82) is 0 Å². The lowest BCUT2D eigenvalue weighted by molar-refractivity contribution is 0.804. The maximum absolute atomic E-state index is 4.38. The molecular weight excluding hydrogens is 222 g/mol. The van der Waals surface area contributed by atoms with E-state index in [9.17, 15) is 0 Å². The van der Waals surface area contributed by atoms with Crippen molar-refractivity contribution in [3.8, 4) is 0 Å². The second kappa shape index (κ2) is 4.21. The van der Waals surface area contributed by atoms with Crippen LogP contribution in [-0.4, -0.2) is 9.81 Å². The minimum absolute atomic E-state index is 0.601. The topological polar surface area (TPSA) is 12.9 Å². The van der Waals surface area contributed by atoms with E-state index in [1.165, 1.54) is 17.1 Å². The average Bonchev–Trinajstić information content (AvgIpc) is 2.31. The summed E-state index contributed by atoms with van der Waals surface area (Å²) in [6, 6.07) is 0. The van der Waals surface area contributed by atoms with Crippen LogP contribution in [-0.2, 0) is 6.42 Å². The molecule has 0 amide bonds. The fourth-order valence-corrected chi connectivity index (χ4v) is 1.75. The zero-order valence-electron chi connectivity index (χ0n) is 6.80. The highest BCUT2D eigenvalue weighted by Crippen LogP contribution is 2.12. The summed E-state index contributed by atoms with van der Waals surface area (Å²) in [5.41, 5.74) is 1.24. The second-order valence-electron chi connectivity index (χ2n) is 2.68. The molecule has 0 bridgehead atoms. The molecule has 0 aliphatic heterocycles. The minimum Gasteiger partial charge on any atom is -0.247 e. The van der Waals surface area contributed by atoms with Crippen molar-refractivity contribution < 1.29 is 0 Å². The molecule has 0 radical (unpaired) electrons. The van der Waals surface area contributed by atoms with Crippen LogP contribution in [0.25, 0.3) is 0 Å². The zero-order valence-corrected chi connectivity index (χ0v) is 9.20. The molecule has 1 atom stereocenters. The van der Waals surface area contributed by atoms with Crippen LogP contribution in [0, 0.1) is 6.92 Å². The number of alkyl halides is 1. The number of hydrogen-bond acceptors (Lipinski definition) is 2. The Morgan fingerprint density at radius 1 is 1.73 bits per heavy atom. The monoisotopic (exact) mass is 233 g/mol. The Kier molecular flexibility index (Phi) is 3.52. The number of hydrogen-bond donors (Lipinski definition) is 0. The summed E-state index contributed by atoms with van der Waals surface area (Å²) in [5, 5.41) is 3.31. The number of halogens is 1. The highest BCUT2D eigenvalue weighted by molar-refractivity contribution is 9.09. The predicted molar refractivity (Wildman–Crippen MR) is 53.6 cm³/mol. The molecule has 0 saturated heterocycles. The van der Waals surface area contributed by atoms with Gasteiger partial charge in [-0.05, 0) is 19.8 Å². The van der Waals surface area contributed by atoms with Gasteiger partial charge in [0, 0.05) is 10.2 Å². The Labute approximate surface area is 80.0 Å². The molecule has 62 valence electrons. The Bertz CT molecular complexity index is 220. The van der Waals surface area contributed by atoms with Crippen LogP contribution >= 0.6 is 27.3 Å². The first-order valence-corrected chi connectivity index (χ1v) is 5.53. The molecule has 1 unspecified atom stereocenters. The van der Waals surface area contributed by atoms with E-state index >= 15 is 0 Å². The standard InChI is InChI=1S/C8H12BrNS/c1-6(9)3-4-8-5-11-7(2)10-8/h5-6H,3-4H2,1-2H3. The maximum atomic E-state index is 4.38. The molecule has 0 spiro atoms. The van der Waals surface area contributed by atoms with Crippen LogP contribution < -0.4 is 0 Å². The summed E-state index contributed by atoms with van der Waals surface area (Å²) in [5.74, 6) is 0.